The van der Waals surface area contributed by atoms with E-state index >= 15 is 0 Å². The van der Waals surface area contributed by atoms with Gasteiger partial charge in [0.05, 0.1) is 5.92 Å². The summed E-state index contributed by atoms with van der Waals surface area (Å²) < 4.78 is 0. The molecule has 1 aliphatic heterocycles. The highest BCUT2D eigenvalue weighted by Crippen LogP contribution is 2.26. The van der Waals surface area contributed by atoms with Crippen LogP contribution in [0.25, 0.3) is 0 Å². The first-order valence-corrected chi connectivity index (χ1v) is 9.57. The number of carbonyl (C=O) groups is 3. The lowest BCUT2D eigenvalue weighted by atomic mass is 9.81. The highest BCUT2D eigenvalue weighted by Gasteiger charge is 2.35. The van der Waals surface area contributed by atoms with E-state index in [0.29, 0.717) is 19.3 Å². The number of rotatable bonds is 4. The molecule has 1 fully saturated rings. The molecule has 3 atom stereocenters. The Balaban J connectivity index is 3.07. The number of carbonyl (C=O) groups excluding carboxylic acids is 3. The maximum absolute atomic E-state index is 12.9. The second-order valence-electron chi connectivity index (χ2n) is 7.38. The molecule has 0 aromatic carbocycles. The van der Waals surface area contributed by atoms with E-state index in [0.717, 1.165) is 32.4 Å². The fourth-order valence-electron chi connectivity index (χ4n) is 3.45. The average Bonchev–Trinajstić information content (AvgIpc) is 2.63. The molecule has 26 heavy (non-hydrogen) atoms. The van der Waals surface area contributed by atoms with E-state index in [4.69, 9.17) is 5.21 Å². The van der Waals surface area contributed by atoms with Gasteiger partial charge in [-0.2, -0.15) is 0 Å². The van der Waals surface area contributed by atoms with E-state index in [1.54, 1.807) is 12.5 Å². The van der Waals surface area contributed by atoms with Gasteiger partial charge in [-0.05, 0) is 57.5 Å². The van der Waals surface area contributed by atoms with Gasteiger partial charge in [0.1, 0.15) is 6.04 Å². The molecule has 0 saturated carbocycles. The molecule has 1 rings (SSSR count). The minimum atomic E-state index is -0.629. The summed E-state index contributed by atoms with van der Waals surface area (Å²) in [5, 5.41) is 17.9. The van der Waals surface area contributed by atoms with Crippen molar-refractivity contribution >= 4 is 17.7 Å². The van der Waals surface area contributed by atoms with Crippen molar-refractivity contribution in [2.75, 3.05) is 20.1 Å². The number of amides is 3. The molecular formula is C18H34N4O4. The van der Waals surface area contributed by atoms with Crippen LogP contribution in [0.4, 0.5) is 0 Å². The zero-order valence-corrected chi connectivity index (χ0v) is 16.1. The van der Waals surface area contributed by atoms with Crippen LogP contribution in [0.1, 0.15) is 52.4 Å². The van der Waals surface area contributed by atoms with Gasteiger partial charge in [-0.15, -0.1) is 0 Å². The van der Waals surface area contributed by atoms with E-state index in [1.807, 2.05) is 13.8 Å². The molecule has 1 heterocycles. The largest absolute Gasteiger partial charge is 0.357 e. The van der Waals surface area contributed by atoms with Gasteiger partial charge in [0, 0.05) is 13.0 Å². The molecule has 0 aromatic rings. The molecule has 0 bridgehead atoms. The first kappa shape index (κ1) is 22.4. The zero-order chi connectivity index (χ0) is 19.5. The summed E-state index contributed by atoms with van der Waals surface area (Å²) in [5.41, 5.74) is 1.71. The third-order valence-corrected chi connectivity index (χ3v) is 4.84. The quantitative estimate of drug-likeness (QED) is 0.366. The maximum atomic E-state index is 12.9. The second-order valence-corrected chi connectivity index (χ2v) is 7.38. The topological polar surface area (TPSA) is 120 Å². The molecule has 1 saturated heterocycles. The smallest absolute Gasteiger partial charge is 0.247 e. The van der Waals surface area contributed by atoms with Crippen LogP contribution >= 0.6 is 0 Å². The second kappa shape index (κ2) is 11.9. The van der Waals surface area contributed by atoms with E-state index in [9.17, 15) is 14.4 Å². The number of hydroxylamine groups is 1. The normalized spacial score (nSPS) is 26.0. The van der Waals surface area contributed by atoms with Gasteiger partial charge < -0.3 is 16.0 Å². The van der Waals surface area contributed by atoms with E-state index in [2.05, 4.69) is 16.0 Å². The zero-order valence-electron chi connectivity index (χ0n) is 16.1. The highest BCUT2D eigenvalue weighted by molar-refractivity contribution is 5.91. The Hall–Kier alpha value is -1.67. The molecule has 0 aliphatic carbocycles. The summed E-state index contributed by atoms with van der Waals surface area (Å²) in [5.74, 6) is -2.09. The molecule has 0 unspecified atom stereocenters. The Morgan fingerprint density at radius 1 is 1.15 bits per heavy atom. The molecule has 1 aliphatic rings. The minimum absolute atomic E-state index is 0.201. The highest BCUT2D eigenvalue weighted by atomic mass is 16.5. The lowest BCUT2D eigenvalue weighted by Gasteiger charge is -2.28. The molecule has 8 nitrogen and oxygen atoms in total. The number of nitrogens with one attached hydrogen (secondary N) is 4. The molecule has 3 amide bonds. The van der Waals surface area contributed by atoms with E-state index < -0.39 is 23.8 Å². The Morgan fingerprint density at radius 2 is 1.85 bits per heavy atom. The summed E-state index contributed by atoms with van der Waals surface area (Å²) in [4.78, 5) is 37.3. The summed E-state index contributed by atoms with van der Waals surface area (Å²) in [6, 6.07) is -0.610. The molecule has 0 spiro atoms. The minimum Gasteiger partial charge on any atom is -0.357 e. The summed E-state index contributed by atoms with van der Waals surface area (Å²) in [6.07, 6.45) is 4.03. The first-order chi connectivity index (χ1) is 12.4. The Morgan fingerprint density at radius 3 is 2.46 bits per heavy atom. The van der Waals surface area contributed by atoms with Crippen LogP contribution in [-0.2, 0) is 14.4 Å². The van der Waals surface area contributed by atoms with Crippen molar-refractivity contribution in [3.05, 3.63) is 0 Å². The van der Waals surface area contributed by atoms with Crippen molar-refractivity contribution in [2.24, 2.45) is 17.8 Å². The van der Waals surface area contributed by atoms with Crippen molar-refractivity contribution in [1.29, 1.82) is 0 Å². The Labute approximate surface area is 155 Å². The van der Waals surface area contributed by atoms with Crippen LogP contribution < -0.4 is 21.4 Å². The van der Waals surface area contributed by atoms with Crippen LogP contribution in [0.5, 0.6) is 0 Å². The predicted molar refractivity (Wildman–Crippen MR) is 98.3 cm³/mol. The van der Waals surface area contributed by atoms with Crippen LogP contribution in [-0.4, -0.2) is 49.1 Å². The molecule has 150 valence electrons. The summed E-state index contributed by atoms with van der Waals surface area (Å²) in [7, 11) is 1.55. The van der Waals surface area contributed by atoms with Crippen LogP contribution in [0.15, 0.2) is 0 Å². The van der Waals surface area contributed by atoms with Crippen molar-refractivity contribution in [1.82, 2.24) is 21.4 Å². The SMILES string of the molecule is CNC(=O)[C@@H]1CCCCNCCC[C@H](C(=O)NO)[C@@H](CC(C)C)C(=O)N1. The first-order valence-electron chi connectivity index (χ1n) is 9.57. The standard InChI is InChI=1S/C18H34N4O4/c1-12(2)11-14-13(17(24)22-26)7-6-10-20-9-5-4-8-15(18(25)19-3)21-16(14)23/h12-15,20,26H,4-11H2,1-3H3,(H,19,25)(H,21,23)(H,22,24)/t13-,14+,15-/m0/s1. The molecule has 5 N–H and O–H groups in total. The lowest BCUT2D eigenvalue weighted by molar-refractivity contribution is -0.142. The fourth-order valence-corrected chi connectivity index (χ4v) is 3.45. The lowest BCUT2D eigenvalue weighted by Crippen LogP contribution is -2.50. The van der Waals surface area contributed by atoms with E-state index in [1.165, 1.54) is 0 Å². The average molecular weight is 370 g/mol. The third-order valence-electron chi connectivity index (χ3n) is 4.84. The van der Waals surface area contributed by atoms with Crippen molar-refractivity contribution in [3.8, 4) is 0 Å². The molecule has 0 radical (unpaired) electrons. The number of likely N-dealkylation sites (N-methyl/N-ethyl adjacent to an activating group) is 1. The van der Waals surface area contributed by atoms with Crippen molar-refractivity contribution in [2.45, 2.75) is 58.4 Å². The summed E-state index contributed by atoms with van der Waals surface area (Å²) >= 11 is 0. The fraction of sp³-hybridized carbons (Fsp3) is 0.833. The number of hydrogen-bond donors (Lipinski definition) is 5. The summed E-state index contributed by atoms with van der Waals surface area (Å²) in [6.45, 7) is 5.56. The molecular weight excluding hydrogens is 336 g/mol. The van der Waals surface area contributed by atoms with Gasteiger partial charge in [0.25, 0.3) is 0 Å². The maximum Gasteiger partial charge on any atom is 0.247 e. The van der Waals surface area contributed by atoms with Gasteiger partial charge in [-0.3, -0.25) is 19.6 Å². The van der Waals surface area contributed by atoms with Crippen molar-refractivity contribution in [3.63, 3.8) is 0 Å². The van der Waals surface area contributed by atoms with Gasteiger partial charge in [0.2, 0.25) is 17.7 Å². The van der Waals surface area contributed by atoms with E-state index in [-0.39, 0.29) is 17.7 Å². The van der Waals surface area contributed by atoms with Crippen LogP contribution in [0.2, 0.25) is 0 Å². The predicted octanol–water partition coefficient (Wildman–Crippen LogP) is 0.555. The van der Waals surface area contributed by atoms with Crippen LogP contribution in [0, 0.1) is 17.8 Å². The molecule has 0 aromatic heterocycles. The van der Waals surface area contributed by atoms with Gasteiger partial charge in [-0.1, -0.05) is 13.8 Å². The Bertz CT molecular complexity index is 470. The Kier molecular flexibility index (Phi) is 10.2. The van der Waals surface area contributed by atoms with Crippen LogP contribution in [0.3, 0.4) is 0 Å². The number of hydrogen-bond acceptors (Lipinski definition) is 5. The van der Waals surface area contributed by atoms with Crippen molar-refractivity contribution < 1.29 is 19.6 Å². The molecule has 8 heteroatoms. The van der Waals surface area contributed by atoms with Gasteiger partial charge in [-0.25, -0.2) is 5.48 Å². The van der Waals surface area contributed by atoms with Gasteiger partial charge in [0.15, 0.2) is 0 Å². The van der Waals surface area contributed by atoms with Gasteiger partial charge >= 0.3 is 0 Å². The monoisotopic (exact) mass is 370 g/mol. The third kappa shape index (κ3) is 7.29.